The number of Topliss-reactive ketones (excluding diaryl/α,β-unsaturated/α-hetero) is 1. The molecule has 4 nitrogen and oxygen atoms in total. The zero-order chi connectivity index (χ0) is 17.5. The first kappa shape index (κ1) is 18.5. The van der Waals surface area contributed by atoms with Crippen molar-refractivity contribution in [1.29, 1.82) is 0 Å². The Hall–Kier alpha value is -1.84. The Morgan fingerprint density at radius 2 is 1.79 bits per heavy atom. The first-order chi connectivity index (χ1) is 11.5. The summed E-state index contributed by atoms with van der Waals surface area (Å²) >= 11 is 0. The maximum atomic E-state index is 12.6. The normalized spacial score (nSPS) is 14.8. The summed E-state index contributed by atoms with van der Waals surface area (Å²) in [6.45, 7) is 5.83. The molecule has 0 unspecified atom stereocenters. The molecule has 132 valence electrons. The summed E-state index contributed by atoms with van der Waals surface area (Å²) in [5.41, 5.74) is 1.11. The molecule has 1 aromatic rings. The van der Waals surface area contributed by atoms with Crippen molar-refractivity contribution in [3.8, 4) is 5.75 Å². The number of hydrogen-bond acceptors (Lipinski definition) is 3. The van der Waals surface area contributed by atoms with Crippen LogP contribution in [0, 0.1) is 0 Å². The van der Waals surface area contributed by atoms with Crippen LogP contribution in [0.3, 0.4) is 0 Å². The Kier molecular flexibility index (Phi) is 6.83. The van der Waals surface area contributed by atoms with Crippen LogP contribution in [0.4, 0.5) is 0 Å². The maximum Gasteiger partial charge on any atom is 0.260 e. The molecule has 0 aromatic heterocycles. The summed E-state index contributed by atoms with van der Waals surface area (Å²) in [6, 6.07) is 8.24. The van der Waals surface area contributed by atoms with E-state index in [1.807, 2.05) is 29.2 Å². The van der Waals surface area contributed by atoms with Gasteiger partial charge in [-0.3, -0.25) is 4.79 Å². The number of ether oxygens (including phenoxy) is 1. The van der Waals surface area contributed by atoms with E-state index in [-0.39, 0.29) is 24.3 Å². The lowest BCUT2D eigenvalue weighted by atomic mass is 10.1. The van der Waals surface area contributed by atoms with Crippen LogP contribution in [0.5, 0.6) is 5.75 Å². The number of hydrogen-bond donors (Lipinski definition) is 0. The van der Waals surface area contributed by atoms with Gasteiger partial charge in [0.1, 0.15) is 11.5 Å². The van der Waals surface area contributed by atoms with Gasteiger partial charge in [-0.1, -0.05) is 25.0 Å². The quantitative estimate of drug-likeness (QED) is 0.728. The van der Waals surface area contributed by atoms with Crippen molar-refractivity contribution in [2.24, 2.45) is 0 Å². The molecule has 2 rings (SSSR count). The summed E-state index contributed by atoms with van der Waals surface area (Å²) < 4.78 is 5.68. The topological polar surface area (TPSA) is 46.6 Å². The lowest BCUT2D eigenvalue weighted by Gasteiger charge is -2.32. The molecule has 0 atom stereocenters. The van der Waals surface area contributed by atoms with E-state index >= 15 is 0 Å². The molecule has 24 heavy (non-hydrogen) atoms. The van der Waals surface area contributed by atoms with Crippen molar-refractivity contribution < 1.29 is 14.3 Å². The average Bonchev–Trinajstić information content (AvgIpc) is 3.05. The van der Waals surface area contributed by atoms with Gasteiger partial charge >= 0.3 is 0 Å². The van der Waals surface area contributed by atoms with E-state index in [4.69, 9.17) is 4.74 Å². The van der Waals surface area contributed by atoms with Crippen molar-refractivity contribution in [2.45, 2.75) is 71.4 Å². The minimum Gasteiger partial charge on any atom is -0.484 e. The highest BCUT2D eigenvalue weighted by Gasteiger charge is 2.28. The Bertz CT molecular complexity index is 545. The number of nitrogens with zero attached hydrogens (tertiary/aromatic N) is 1. The molecule has 1 amide bonds. The molecule has 1 aliphatic rings. The van der Waals surface area contributed by atoms with Gasteiger partial charge < -0.3 is 14.4 Å². The largest absolute Gasteiger partial charge is 0.484 e. The molecule has 1 aliphatic carbocycles. The van der Waals surface area contributed by atoms with Crippen LogP contribution in [0.15, 0.2) is 24.3 Å². The van der Waals surface area contributed by atoms with E-state index in [1.165, 1.54) is 12.8 Å². The number of ketones is 1. The van der Waals surface area contributed by atoms with Crippen LogP contribution < -0.4 is 4.74 Å². The van der Waals surface area contributed by atoms with E-state index < -0.39 is 0 Å². The van der Waals surface area contributed by atoms with Crippen LogP contribution in [-0.4, -0.2) is 35.3 Å². The zero-order valence-electron chi connectivity index (χ0n) is 15.1. The van der Waals surface area contributed by atoms with Gasteiger partial charge in [0.25, 0.3) is 5.91 Å². The predicted molar refractivity (Wildman–Crippen MR) is 95.2 cm³/mol. The van der Waals surface area contributed by atoms with Gasteiger partial charge in [0.2, 0.25) is 0 Å². The monoisotopic (exact) mass is 331 g/mol. The molecule has 0 N–H and O–H groups in total. The number of carbonyl (C=O) groups excluding carboxylic acids is 2. The molecular formula is C20H29NO3. The first-order valence-electron chi connectivity index (χ1n) is 8.99. The second-order valence-corrected chi connectivity index (χ2v) is 6.97. The number of rotatable bonds is 8. The van der Waals surface area contributed by atoms with E-state index in [1.54, 1.807) is 6.92 Å². The van der Waals surface area contributed by atoms with Gasteiger partial charge in [-0.25, -0.2) is 0 Å². The van der Waals surface area contributed by atoms with Crippen molar-refractivity contribution in [1.82, 2.24) is 4.90 Å². The summed E-state index contributed by atoms with van der Waals surface area (Å²) in [4.78, 5) is 25.6. The molecule has 4 heteroatoms. The Morgan fingerprint density at radius 1 is 1.17 bits per heavy atom. The van der Waals surface area contributed by atoms with E-state index in [0.29, 0.717) is 18.2 Å². The van der Waals surface area contributed by atoms with Crippen LogP contribution >= 0.6 is 0 Å². The molecule has 1 fully saturated rings. The van der Waals surface area contributed by atoms with Crippen LogP contribution in [0.25, 0.3) is 0 Å². The van der Waals surface area contributed by atoms with Gasteiger partial charge in [0.15, 0.2) is 6.61 Å². The number of carbonyl (C=O) groups is 2. The lowest BCUT2D eigenvalue weighted by Crippen LogP contribution is -2.45. The third-order valence-corrected chi connectivity index (χ3v) is 4.61. The van der Waals surface area contributed by atoms with Crippen LogP contribution in [-0.2, 0) is 16.0 Å². The van der Waals surface area contributed by atoms with Gasteiger partial charge in [0, 0.05) is 18.5 Å². The number of amides is 1. The first-order valence-corrected chi connectivity index (χ1v) is 8.99. The van der Waals surface area contributed by atoms with Crippen molar-refractivity contribution >= 4 is 11.7 Å². The third kappa shape index (κ3) is 5.36. The molecule has 1 saturated carbocycles. The summed E-state index contributed by atoms with van der Waals surface area (Å²) in [5.74, 6) is 0.962. The third-order valence-electron chi connectivity index (χ3n) is 4.61. The van der Waals surface area contributed by atoms with Gasteiger partial charge in [-0.2, -0.15) is 0 Å². The Labute approximate surface area is 145 Å². The zero-order valence-corrected chi connectivity index (χ0v) is 15.1. The van der Waals surface area contributed by atoms with E-state index in [9.17, 15) is 9.59 Å². The fraction of sp³-hybridized carbons (Fsp3) is 0.600. The van der Waals surface area contributed by atoms with Gasteiger partial charge in [-0.05, 0) is 57.7 Å². The molecule has 0 aliphatic heterocycles. The molecule has 0 heterocycles. The van der Waals surface area contributed by atoms with Crippen LogP contribution in [0.2, 0.25) is 0 Å². The standard InChI is InChI=1S/C20H29NO3/c1-15(2)21(18-6-4-5-7-18)20(23)14-24-19-12-10-17(11-13-19)9-8-16(3)22/h10-13,15,18H,4-9,14H2,1-3H3. The fourth-order valence-corrected chi connectivity index (χ4v) is 3.39. The number of benzene rings is 1. The minimum absolute atomic E-state index is 0.0672. The van der Waals surface area contributed by atoms with Gasteiger partial charge in [-0.15, -0.1) is 0 Å². The minimum atomic E-state index is 0.0672. The summed E-state index contributed by atoms with van der Waals surface area (Å²) in [6.07, 6.45) is 5.94. The SMILES string of the molecule is CC(=O)CCc1ccc(OCC(=O)N(C(C)C)C2CCCC2)cc1. The van der Waals surface area contributed by atoms with E-state index in [2.05, 4.69) is 13.8 Å². The molecule has 0 saturated heterocycles. The van der Waals surface area contributed by atoms with Crippen LogP contribution in [0.1, 0.15) is 58.4 Å². The molecule has 0 bridgehead atoms. The highest BCUT2D eigenvalue weighted by atomic mass is 16.5. The highest BCUT2D eigenvalue weighted by molar-refractivity contribution is 5.78. The Morgan fingerprint density at radius 3 is 2.33 bits per heavy atom. The fourth-order valence-electron chi connectivity index (χ4n) is 3.39. The van der Waals surface area contributed by atoms with Gasteiger partial charge in [0.05, 0.1) is 0 Å². The highest BCUT2D eigenvalue weighted by Crippen LogP contribution is 2.25. The second-order valence-electron chi connectivity index (χ2n) is 6.97. The maximum absolute atomic E-state index is 12.6. The predicted octanol–water partition coefficient (Wildman–Crippen LogP) is 3.77. The van der Waals surface area contributed by atoms with E-state index in [0.717, 1.165) is 24.8 Å². The smallest absolute Gasteiger partial charge is 0.260 e. The second kappa shape index (κ2) is 8.86. The average molecular weight is 331 g/mol. The van der Waals surface area contributed by atoms with Crippen molar-refractivity contribution in [2.75, 3.05) is 6.61 Å². The summed E-state index contributed by atoms with van der Waals surface area (Å²) in [7, 11) is 0. The molecule has 0 spiro atoms. The Balaban J connectivity index is 1.86. The summed E-state index contributed by atoms with van der Waals surface area (Å²) in [5, 5.41) is 0. The van der Waals surface area contributed by atoms with Crippen molar-refractivity contribution in [3.63, 3.8) is 0 Å². The van der Waals surface area contributed by atoms with Crippen molar-refractivity contribution in [3.05, 3.63) is 29.8 Å². The molecule has 0 radical (unpaired) electrons. The lowest BCUT2D eigenvalue weighted by molar-refractivity contribution is -0.137. The molecule has 1 aromatic carbocycles. The number of aryl methyl sites for hydroxylation is 1. The molecular weight excluding hydrogens is 302 g/mol.